The topological polar surface area (TPSA) is 86.8 Å². The fraction of sp³-hybridized carbons (Fsp3) is 0.412. The number of rotatable bonds is 3. The van der Waals surface area contributed by atoms with Gasteiger partial charge < -0.3 is 10.2 Å². The van der Waals surface area contributed by atoms with Crippen LogP contribution in [-0.4, -0.2) is 39.8 Å². The lowest BCUT2D eigenvalue weighted by Gasteiger charge is -2.34. The van der Waals surface area contributed by atoms with Gasteiger partial charge in [0.25, 0.3) is 5.91 Å². The second-order valence-electron chi connectivity index (χ2n) is 6.10. The third kappa shape index (κ3) is 3.38. The van der Waals surface area contributed by atoms with E-state index in [9.17, 15) is 10.1 Å². The number of aryl methyl sites for hydroxylation is 2. The first-order chi connectivity index (χ1) is 11.6. The molecule has 124 valence electrons. The maximum Gasteiger partial charge on any atom is 0.254 e. The van der Waals surface area contributed by atoms with Crippen molar-refractivity contribution in [2.45, 2.75) is 25.8 Å². The smallest absolute Gasteiger partial charge is 0.254 e. The van der Waals surface area contributed by atoms with E-state index in [1.807, 2.05) is 13.0 Å². The van der Waals surface area contributed by atoms with Crippen LogP contribution >= 0.6 is 0 Å². The van der Waals surface area contributed by atoms with Gasteiger partial charge in [-0.1, -0.05) is 0 Å². The van der Waals surface area contributed by atoms with Crippen LogP contribution in [0.15, 0.2) is 24.5 Å². The standard InChI is InChI=1S/C17H20N6O/c1-12-5-6-13(8-18)16(20-12)23-7-3-4-15(11-23)21-17(24)14-9-19-22(2)10-14/h5-6,9-10,15H,3-4,7,11H2,1-2H3,(H,21,24). The molecular formula is C17H20N6O. The molecule has 7 heteroatoms. The third-order valence-corrected chi connectivity index (χ3v) is 4.16. The molecule has 1 aliphatic heterocycles. The Labute approximate surface area is 140 Å². The molecule has 1 N–H and O–H groups in total. The molecule has 3 rings (SSSR count). The molecular weight excluding hydrogens is 304 g/mol. The predicted octanol–water partition coefficient (Wildman–Crippen LogP) is 1.39. The lowest BCUT2D eigenvalue weighted by atomic mass is 10.0. The summed E-state index contributed by atoms with van der Waals surface area (Å²) in [6.07, 6.45) is 5.12. The van der Waals surface area contributed by atoms with Crippen molar-refractivity contribution in [3.05, 3.63) is 41.3 Å². The molecule has 7 nitrogen and oxygen atoms in total. The minimum Gasteiger partial charge on any atom is -0.353 e. The van der Waals surface area contributed by atoms with Gasteiger partial charge in [0, 0.05) is 38.1 Å². The van der Waals surface area contributed by atoms with E-state index < -0.39 is 0 Å². The van der Waals surface area contributed by atoms with Gasteiger partial charge in [-0.2, -0.15) is 10.4 Å². The summed E-state index contributed by atoms with van der Waals surface area (Å²) in [5.74, 6) is 0.588. The fourth-order valence-electron chi connectivity index (χ4n) is 2.97. The molecule has 24 heavy (non-hydrogen) atoms. The summed E-state index contributed by atoms with van der Waals surface area (Å²) in [5.41, 5.74) is 2.01. The molecule has 2 aromatic heterocycles. The minimum absolute atomic E-state index is 0.0281. The predicted molar refractivity (Wildman–Crippen MR) is 89.6 cm³/mol. The number of pyridine rings is 1. The van der Waals surface area contributed by atoms with Crippen LogP contribution in [0.25, 0.3) is 0 Å². The number of hydrogen-bond donors (Lipinski definition) is 1. The van der Waals surface area contributed by atoms with E-state index in [0.29, 0.717) is 23.5 Å². The monoisotopic (exact) mass is 324 g/mol. The highest BCUT2D eigenvalue weighted by Gasteiger charge is 2.24. The maximum absolute atomic E-state index is 12.3. The second-order valence-corrected chi connectivity index (χ2v) is 6.10. The summed E-state index contributed by atoms with van der Waals surface area (Å²) < 4.78 is 1.61. The zero-order valence-corrected chi connectivity index (χ0v) is 13.9. The molecule has 0 bridgehead atoms. The number of nitrogens with zero attached hydrogens (tertiary/aromatic N) is 5. The van der Waals surface area contributed by atoms with Crippen molar-refractivity contribution in [3.63, 3.8) is 0 Å². The molecule has 1 fully saturated rings. The average Bonchev–Trinajstić information content (AvgIpc) is 3.02. The van der Waals surface area contributed by atoms with Gasteiger partial charge in [0.1, 0.15) is 11.9 Å². The zero-order valence-electron chi connectivity index (χ0n) is 13.9. The van der Waals surface area contributed by atoms with Crippen LogP contribution < -0.4 is 10.2 Å². The summed E-state index contributed by atoms with van der Waals surface area (Å²) in [7, 11) is 1.78. The number of carbonyl (C=O) groups excluding carboxylic acids is 1. The number of aromatic nitrogens is 3. The highest BCUT2D eigenvalue weighted by atomic mass is 16.1. The lowest BCUT2D eigenvalue weighted by molar-refractivity contribution is 0.0933. The van der Waals surface area contributed by atoms with Crippen LogP contribution in [0.1, 0.15) is 34.5 Å². The van der Waals surface area contributed by atoms with Crippen molar-refractivity contribution in [1.29, 1.82) is 5.26 Å². The van der Waals surface area contributed by atoms with E-state index >= 15 is 0 Å². The highest BCUT2D eigenvalue weighted by molar-refractivity contribution is 5.93. The van der Waals surface area contributed by atoms with Crippen molar-refractivity contribution >= 4 is 11.7 Å². The van der Waals surface area contributed by atoms with Crippen LogP contribution in [0.5, 0.6) is 0 Å². The Morgan fingerprint density at radius 1 is 1.46 bits per heavy atom. The van der Waals surface area contributed by atoms with Gasteiger partial charge in [0.05, 0.1) is 17.3 Å². The van der Waals surface area contributed by atoms with Crippen LogP contribution in [0, 0.1) is 18.3 Å². The maximum atomic E-state index is 12.3. The summed E-state index contributed by atoms with van der Waals surface area (Å²) in [4.78, 5) is 18.9. The van der Waals surface area contributed by atoms with E-state index in [1.54, 1.807) is 30.2 Å². The molecule has 1 amide bonds. The first-order valence-electron chi connectivity index (χ1n) is 7.99. The van der Waals surface area contributed by atoms with Crippen molar-refractivity contribution in [2.75, 3.05) is 18.0 Å². The molecule has 1 atom stereocenters. The van der Waals surface area contributed by atoms with Crippen molar-refractivity contribution in [2.24, 2.45) is 7.05 Å². The number of carbonyl (C=O) groups is 1. The van der Waals surface area contributed by atoms with Crippen molar-refractivity contribution in [1.82, 2.24) is 20.1 Å². The first kappa shape index (κ1) is 16.0. The van der Waals surface area contributed by atoms with E-state index in [-0.39, 0.29) is 11.9 Å². The van der Waals surface area contributed by atoms with Gasteiger partial charge in [0.2, 0.25) is 0 Å². The van der Waals surface area contributed by atoms with Crippen LogP contribution in [0.2, 0.25) is 0 Å². The molecule has 1 saturated heterocycles. The quantitative estimate of drug-likeness (QED) is 0.922. The van der Waals surface area contributed by atoms with Gasteiger partial charge in [-0.05, 0) is 31.9 Å². The Balaban J connectivity index is 1.72. The van der Waals surface area contributed by atoms with Gasteiger partial charge in [-0.15, -0.1) is 0 Å². The van der Waals surface area contributed by atoms with E-state index in [1.165, 1.54) is 0 Å². The van der Waals surface area contributed by atoms with Crippen molar-refractivity contribution in [3.8, 4) is 6.07 Å². The van der Waals surface area contributed by atoms with E-state index in [4.69, 9.17) is 0 Å². The Bertz CT molecular complexity index is 791. The van der Waals surface area contributed by atoms with Gasteiger partial charge in [0.15, 0.2) is 0 Å². The second kappa shape index (κ2) is 6.71. The number of anilines is 1. The minimum atomic E-state index is -0.118. The van der Waals surface area contributed by atoms with Crippen LogP contribution in [0.3, 0.4) is 0 Å². The van der Waals surface area contributed by atoms with Crippen LogP contribution in [0.4, 0.5) is 5.82 Å². The van der Waals surface area contributed by atoms with E-state index in [2.05, 4.69) is 26.4 Å². The average molecular weight is 324 g/mol. The first-order valence-corrected chi connectivity index (χ1v) is 7.99. The molecule has 2 aromatic rings. The zero-order chi connectivity index (χ0) is 17.1. The third-order valence-electron chi connectivity index (χ3n) is 4.16. The molecule has 1 aliphatic rings. The van der Waals surface area contributed by atoms with Gasteiger partial charge in [-0.3, -0.25) is 9.48 Å². The number of amides is 1. The fourth-order valence-corrected chi connectivity index (χ4v) is 2.97. The Morgan fingerprint density at radius 2 is 2.29 bits per heavy atom. The largest absolute Gasteiger partial charge is 0.353 e. The number of nitrogens with one attached hydrogen (secondary N) is 1. The molecule has 0 spiro atoms. The lowest BCUT2D eigenvalue weighted by Crippen LogP contribution is -2.48. The normalized spacial score (nSPS) is 17.4. The number of hydrogen-bond acceptors (Lipinski definition) is 5. The Morgan fingerprint density at radius 3 is 3.00 bits per heavy atom. The number of piperidine rings is 1. The Kier molecular flexibility index (Phi) is 4.47. The molecule has 1 unspecified atom stereocenters. The molecule has 0 aromatic carbocycles. The molecule has 3 heterocycles. The Hall–Kier alpha value is -2.88. The van der Waals surface area contributed by atoms with Crippen molar-refractivity contribution < 1.29 is 4.79 Å². The highest BCUT2D eigenvalue weighted by Crippen LogP contribution is 2.22. The van der Waals surface area contributed by atoms with Gasteiger partial charge >= 0.3 is 0 Å². The van der Waals surface area contributed by atoms with E-state index in [0.717, 1.165) is 25.1 Å². The summed E-state index contributed by atoms with van der Waals surface area (Å²) in [5, 5.41) is 16.4. The summed E-state index contributed by atoms with van der Waals surface area (Å²) in [6.45, 7) is 3.40. The van der Waals surface area contributed by atoms with Crippen LogP contribution in [-0.2, 0) is 7.05 Å². The molecule has 0 radical (unpaired) electrons. The van der Waals surface area contributed by atoms with Gasteiger partial charge in [-0.25, -0.2) is 4.98 Å². The SMILES string of the molecule is Cc1ccc(C#N)c(N2CCCC(NC(=O)c3cnn(C)c3)C2)n1. The number of nitriles is 1. The molecule has 0 aliphatic carbocycles. The summed E-state index contributed by atoms with van der Waals surface area (Å²) in [6, 6.07) is 5.87. The molecule has 0 saturated carbocycles. The summed E-state index contributed by atoms with van der Waals surface area (Å²) >= 11 is 0.